The topological polar surface area (TPSA) is 29.5 Å². The largest absolute Gasteiger partial charge is 0.493 e. The van der Waals surface area contributed by atoms with Crippen LogP contribution in [-0.2, 0) is 12.8 Å². The van der Waals surface area contributed by atoms with E-state index in [9.17, 15) is 5.11 Å². The van der Waals surface area contributed by atoms with Crippen molar-refractivity contribution in [3.63, 3.8) is 0 Å². The fourth-order valence-electron chi connectivity index (χ4n) is 2.43. The molecule has 1 atom stereocenters. The molecule has 0 fully saturated rings. The predicted molar refractivity (Wildman–Crippen MR) is 83.5 cm³/mol. The van der Waals surface area contributed by atoms with E-state index in [0.717, 1.165) is 34.4 Å². The van der Waals surface area contributed by atoms with E-state index in [1.807, 2.05) is 36.4 Å². The summed E-state index contributed by atoms with van der Waals surface area (Å²) in [6, 6.07) is 11.6. The van der Waals surface area contributed by atoms with Gasteiger partial charge >= 0.3 is 0 Å². The molecule has 0 radical (unpaired) electrons. The van der Waals surface area contributed by atoms with Gasteiger partial charge in [-0.1, -0.05) is 39.7 Å². The number of rotatable bonds is 3. The van der Waals surface area contributed by atoms with Gasteiger partial charge in [-0.3, -0.25) is 0 Å². The standard InChI is InChI=1S/C16H14BrClO2/c17-13-3-1-10(14(18)9-13)8-15(19)11-2-4-16-12(7-11)5-6-20-16/h1-4,7,9,15,19H,5-6,8H2. The summed E-state index contributed by atoms with van der Waals surface area (Å²) in [5.74, 6) is 0.933. The summed E-state index contributed by atoms with van der Waals surface area (Å²) < 4.78 is 6.42. The monoisotopic (exact) mass is 352 g/mol. The first-order chi connectivity index (χ1) is 9.63. The number of hydrogen-bond acceptors (Lipinski definition) is 2. The van der Waals surface area contributed by atoms with Gasteiger partial charge in [0.1, 0.15) is 5.75 Å². The molecule has 4 heteroatoms. The zero-order valence-electron chi connectivity index (χ0n) is 10.8. The molecule has 1 heterocycles. The molecular formula is C16H14BrClO2. The van der Waals surface area contributed by atoms with Gasteiger partial charge in [-0.15, -0.1) is 0 Å². The Labute approximate surface area is 131 Å². The van der Waals surface area contributed by atoms with Crippen LogP contribution in [0.5, 0.6) is 5.75 Å². The van der Waals surface area contributed by atoms with Crippen LogP contribution in [0.3, 0.4) is 0 Å². The van der Waals surface area contributed by atoms with Gasteiger partial charge in [0.05, 0.1) is 12.7 Å². The predicted octanol–water partition coefficient (Wildman–Crippen LogP) is 4.31. The molecule has 0 saturated heterocycles. The third-order valence-electron chi connectivity index (χ3n) is 3.53. The van der Waals surface area contributed by atoms with E-state index >= 15 is 0 Å². The van der Waals surface area contributed by atoms with Crippen LogP contribution >= 0.6 is 27.5 Å². The highest BCUT2D eigenvalue weighted by Gasteiger charge is 2.16. The Bertz CT molecular complexity index is 642. The second-order valence-corrected chi connectivity index (χ2v) is 6.24. The summed E-state index contributed by atoms with van der Waals surface area (Å²) in [4.78, 5) is 0. The number of aliphatic hydroxyl groups excluding tert-OH is 1. The minimum atomic E-state index is -0.556. The Hall–Kier alpha value is -1.03. The van der Waals surface area contributed by atoms with Crippen LogP contribution in [-0.4, -0.2) is 11.7 Å². The highest BCUT2D eigenvalue weighted by atomic mass is 79.9. The first kappa shape index (κ1) is 13.9. The molecule has 1 aliphatic heterocycles. The average molecular weight is 354 g/mol. The Morgan fingerprint density at radius 2 is 2.10 bits per heavy atom. The maximum Gasteiger partial charge on any atom is 0.122 e. The number of ether oxygens (including phenoxy) is 1. The van der Waals surface area contributed by atoms with Crippen LogP contribution < -0.4 is 4.74 Å². The second-order valence-electron chi connectivity index (χ2n) is 4.92. The molecule has 0 spiro atoms. The summed E-state index contributed by atoms with van der Waals surface area (Å²) in [6.45, 7) is 0.730. The average Bonchev–Trinajstić information content (AvgIpc) is 2.89. The molecule has 0 amide bonds. The number of hydrogen-bond donors (Lipinski definition) is 1. The summed E-state index contributed by atoms with van der Waals surface area (Å²) in [5, 5.41) is 11.1. The smallest absolute Gasteiger partial charge is 0.122 e. The highest BCUT2D eigenvalue weighted by Crippen LogP contribution is 2.31. The molecule has 20 heavy (non-hydrogen) atoms. The SMILES string of the molecule is OC(Cc1ccc(Br)cc1Cl)c1ccc2c(c1)CCO2. The van der Waals surface area contributed by atoms with Crippen LogP contribution in [0, 0.1) is 0 Å². The van der Waals surface area contributed by atoms with E-state index in [1.165, 1.54) is 5.56 Å². The van der Waals surface area contributed by atoms with Crippen LogP contribution in [0.1, 0.15) is 22.8 Å². The minimum Gasteiger partial charge on any atom is -0.493 e. The lowest BCUT2D eigenvalue weighted by molar-refractivity contribution is 0.178. The Morgan fingerprint density at radius 3 is 2.90 bits per heavy atom. The third-order valence-corrected chi connectivity index (χ3v) is 4.37. The normalized spacial score (nSPS) is 14.8. The molecule has 104 valence electrons. The lowest BCUT2D eigenvalue weighted by Crippen LogP contribution is -2.02. The van der Waals surface area contributed by atoms with E-state index in [-0.39, 0.29) is 0 Å². The number of fused-ring (bicyclic) bond motifs is 1. The fourth-order valence-corrected chi connectivity index (χ4v) is 3.18. The van der Waals surface area contributed by atoms with Crippen molar-refractivity contribution in [3.8, 4) is 5.75 Å². The Balaban J connectivity index is 1.80. The van der Waals surface area contributed by atoms with Crippen molar-refractivity contribution >= 4 is 27.5 Å². The van der Waals surface area contributed by atoms with Crippen LogP contribution in [0.15, 0.2) is 40.9 Å². The van der Waals surface area contributed by atoms with Crippen molar-refractivity contribution in [2.24, 2.45) is 0 Å². The van der Waals surface area contributed by atoms with Gasteiger partial charge in [0.15, 0.2) is 0 Å². The molecule has 0 aliphatic carbocycles. The maximum absolute atomic E-state index is 10.4. The first-order valence-corrected chi connectivity index (χ1v) is 7.68. The molecule has 2 aromatic carbocycles. The van der Waals surface area contributed by atoms with Crippen molar-refractivity contribution in [3.05, 3.63) is 62.6 Å². The molecule has 1 aliphatic rings. The van der Waals surface area contributed by atoms with Crippen molar-refractivity contribution < 1.29 is 9.84 Å². The van der Waals surface area contributed by atoms with Crippen LogP contribution in [0.4, 0.5) is 0 Å². The molecule has 0 aromatic heterocycles. The number of benzene rings is 2. The zero-order valence-corrected chi connectivity index (χ0v) is 13.1. The molecule has 2 nitrogen and oxygen atoms in total. The van der Waals surface area contributed by atoms with Gasteiger partial charge in [-0.2, -0.15) is 0 Å². The molecule has 3 rings (SSSR count). The van der Waals surface area contributed by atoms with E-state index in [1.54, 1.807) is 0 Å². The molecule has 2 aromatic rings. The van der Waals surface area contributed by atoms with E-state index in [2.05, 4.69) is 15.9 Å². The first-order valence-electron chi connectivity index (χ1n) is 6.51. The number of halogens is 2. The lowest BCUT2D eigenvalue weighted by atomic mass is 9.99. The molecule has 0 saturated carbocycles. The minimum absolute atomic E-state index is 0.506. The van der Waals surface area contributed by atoms with Crippen molar-refractivity contribution in [1.82, 2.24) is 0 Å². The van der Waals surface area contributed by atoms with Crippen LogP contribution in [0.2, 0.25) is 5.02 Å². The number of aliphatic hydroxyl groups is 1. The summed E-state index contributed by atoms with van der Waals surface area (Å²) in [5.41, 5.74) is 3.02. The summed E-state index contributed by atoms with van der Waals surface area (Å²) in [7, 11) is 0. The van der Waals surface area contributed by atoms with Crippen LogP contribution in [0.25, 0.3) is 0 Å². The van der Waals surface area contributed by atoms with Gasteiger partial charge in [0.25, 0.3) is 0 Å². The van der Waals surface area contributed by atoms with E-state index < -0.39 is 6.10 Å². The molecule has 1 unspecified atom stereocenters. The van der Waals surface area contributed by atoms with Crippen molar-refractivity contribution in [1.29, 1.82) is 0 Å². The van der Waals surface area contributed by atoms with Gasteiger partial charge in [0, 0.05) is 22.3 Å². The zero-order chi connectivity index (χ0) is 14.1. The Kier molecular flexibility index (Phi) is 4.01. The molecule has 1 N–H and O–H groups in total. The Morgan fingerprint density at radius 1 is 1.25 bits per heavy atom. The van der Waals surface area contributed by atoms with E-state index in [0.29, 0.717) is 11.4 Å². The molecular weight excluding hydrogens is 340 g/mol. The lowest BCUT2D eigenvalue weighted by Gasteiger charge is -2.13. The van der Waals surface area contributed by atoms with Gasteiger partial charge < -0.3 is 9.84 Å². The van der Waals surface area contributed by atoms with Crippen molar-refractivity contribution in [2.45, 2.75) is 18.9 Å². The third kappa shape index (κ3) is 2.85. The quantitative estimate of drug-likeness (QED) is 0.891. The van der Waals surface area contributed by atoms with Gasteiger partial charge in [0.2, 0.25) is 0 Å². The van der Waals surface area contributed by atoms with Crippen molar-refractivity contribution in [2.75, 3.05) is 6.61 Å². The highest BCUT2D eigenvalue weighted by molar-refractivity contribution is 9.10. The molecule has 0 bridgehead atoms. The fraction of sp³-hybridized carbons (Fsp3) is 0.250. The van der Waals surface area contributed by atoms with Gasteiger partial charge in [-0.25, -0.2) is 0 Å². The van der Waals surface area contributed by atoms with Gasteiger partial charge in [-0.05, 0) is 41.0 Å². The van der Waals surface area contributed by atoms with E-state index in [4.69, 9.17) is 16.3 Å². The summed E-state index contributed by atoms with van der Waals surface area (Å²) in [6.07, 6.45) is 0.861. The second kappa shape index (κ2) is 5.76. The maximum atomic E-state index is 10.4. The summed E-state index contributed by atoms with van der Waals surface area (Å²) >= 11 is 9.57.